The number of alkyl halides is 2. The minimum Gasteiger partial charge on any atom is -0.349 e. The second-order valence-corrected chi connectivity index (χ2v) is 6.68. The SMILES string of the molecule is C=CCNc1nc2c(C3=CCN(C(=O)CCC(C)(F)F)CC3)cccn2n1. The summed E-state index contributed by atoms with van der Waals surface area (Å²) in [6.45, 7) is 6.00. The number of hydrogen-bond donors (Lipinski definition) is 1. The van der Waals surface area contributed by atoms with Crippen molar-refractivity contribution >= 4 is 23.1 Å². The fourth-order valence-corrected chi connectivity index (χ4v) is 3.02. The Morgan fingerprint density at radius 1 is 1.48 bits per heavy atom. The number of rotatable bonds is 7. The summed E-state index contributed by atoms with van der Waals surface area (Å²) >= 11 is 0. The molecular weight excluding hydrogens is 352 g/mol. The van der Waals surface area contributed by atoms with E-state index in [9.17, 15) is 13.6 Å². The Morgan fingerprint density at radius 3 is 2.96 bits per heavy atom. The Hall–Kier alpha value is -2.77. The number of pyridine rings is 1. The third kappa shape index (κ3) is 4.69. The molecule has 27 heavy (non-hydrogen) atoms. The Labute approximate surface area is 156 Å². The van der Waals surface area contributed by atoms with Crippen LogP contribution in [0.15, 0.2) is 37.1 Å². The maximum atomic E-state index is 13.0. The smallest absolute Gasteiger partial charge is 0.245 e. The molecule has 8 heteroatoms. The van der Waals surface area contributed by atoms with Gasteiger partial charge in [-0.05, 0) is 31.1 Å². The van der Waals surface area contributed by atoms with Gasteiger partial charge in [0.2, 0.25) is 17.8 Å². The first-order chi connectivity index (χ1) is 12.9. The molecule has 2 aromatic rings. The van der Waals surface area contributed by atoms with Crippen LogP contribution in [0.25, 0.3) is 11.2 Å². The fourth-order valence-electron chi connectivity index (χ4n) is 3.02. The molecule has 1 aliphatic heterocycles. The summed E-state index contributed by atoms with van der Waals surface area (Å²) in [4.78, 5) is 18.3. The third-order valence-corrected chi connectivity index (χ3v) is 4.45. The zero-order chi connectivity index (χ0) is 19.4. The predicted octanol–water partition coefficient (Wildman–Crippen LogP) is 3.38. The lowest BCUT2D eigenvalue weighted by molar-refractivity contribution is -0.132. The van der Waals surface area contributed by atoms with E-state index in [4.69, 9.17) is 0 Å². The molecule has 0 fully saturated rings. The third-order valence-electron chi connectivity index (χ3n) is 4.45. The maximum Gasteiger partial charge on any atom is 0.245 e. The number of nitrogens with zero attached hydrogens (tertiary/aromatic N) is 4. The summed E-state index contributed by atoms with van der Waals surface area (Å²) in [5.41, 5.74) is 2.78. The van der Waals surface area contributed by atoms with E-state index in [0.29, 0.717) is 32.0 Å². The second kappa shape index (κ2) is 7.85. The average molecular weight is 375 g/mol. The van der Waals surface area contributed by atoms with E-state index in [-0.39, 0.29) is 12.3 Å². The van der Waals surface area contributed by atoms with Crippen molar-refractivity contribution in [1.29, 1.82) is 0 Å². The lowest BCUT2D eigenvalue weighted by Gasteiger charge is -2.27. The van der Waals surface area contributed by atoms with E-state index in [2.05, 4.69) is 22.0 Å². The van der Waals surface area contributed by atoms with Crippen molar-refractivity contribution in [1.82, 2.24) is 19.5 Å². The molecule has 0 aliphatic carbocycles. The minimum atomic E-state index is -2.81. The molecule has 0 spiro atoms. The Bertz CT molecular complexity index is 869. The molecule has 1 N–H and O–H groups in total. The summed E-state index contributed by atoms with van der Waals surface area (Å²) in [5, 5.41) is 7.45. The number of carbonyl (C=O) groups is 1. The topological polar surface area (TPSA) is 62.5 Å². The van der Waals surface area contributed by atoms with E-state index in [1.54, 1.807) is 15.5 Å². The van der Waals surface area contributed by atoms with Crippen molar-refractivity contribution in [2.45, 2.75) is 32.1 Å². The summed E-state index contributed by atoms with van der Waals surface area (Å²) in [5.74, 6) is -2.52. The number of carbonyl (C=O) groups excluding carboxylic acids is 1. The largest absolute Gasteiger partial charge is 0.349 e. The van der Waals surface area contributed by atoms with Crippen LogP contribution in [0, 0.1) is 0 Å². The van der Waals surface area contributed by atoms with Crippen LogP contribution in [0.3, 0.4) is 0 Å². The highest BCUT2D eigenvalue weighted by Gasteiger charge is 2.25. The number of fused-ring (bicyclic) bond motifs is 1. The van der Waals surface area contributed by atoms with Gasteiger partial charge in [0.1, 0.15) is 0 Å². The molecule has 2 aromatic heterocycles. The van der Waals surface area contributed by atoms with Crippen LogP contribution in [-0.2, 0) is 4.79 Å². The van der Waals surface area contributed by atoms with E-state index >= 15 is 0 Å². The van der Waals surface area contributed by atoms with Crippen LogP contribution < -0.4 is 5.32 Å². The number of nitrogens with one attached hydrogen (secondary N) is 1. The molecule has 0 aromatic carbocycles. The Kier molecular flexibility index (Phi) is 5.53. The van der Waals surface area contributed by atoms with Crippen LogP contribution >= 0.6 is 0 Å². The summed E-state index contributed by atoms with van der Waals surface area (Å²) in [7, 11) is 0. The van der Waals surface area contributed by atoms with Crippen molar-refractivity contribution in [2.75, 3.05) is 25.0 Å². The Balaban J connectivity index is 1.72. The van der Waals surface area contributed by atoms with Gasteiger partial charge in [-0.25, -0.2) is 13.3 Å². The fraction of sp³-hybridized carbons (Fsp3) is 0.421. The summed E-state index contributed by atoms with van der Waals surface area (Å²) < 4.78 is 27.6. The number of amides is 1. The molecule has 144 valence electrons. The highest BCUT2D eigenvalue weighted by atomic mass is 19.3. The standard InChI is InChI=1S/C19H23F2N5O/c1-3-10-22-18-23-17-15(5-4-11-26(17)24-18)14-7-12-25(13-8-14)16(27)6-9-19(2,20)21/h3-5,7,11H,1,6,8-10,12-13H2,2H3,(H,22,24). The Morgan fingerprint density at radius 2 is 2.30 bits per heavy atom. The minimum absolute atomic E-state index is 0.134. The van der Waals surface area contributed by atoms with Crippen LogP contribution in [0.2, 0.25) is 0 Å². The zero-order valence-electron chi connectivity index (χ0n) is 15.3. The van der Waals surface area contributed by atoms with Crippen molar-refractivity contribution in [3.8, 4) is 0 Å². The van der Waals surface area contributed by atoms with E-state index < -0.39 is 12.3 Å². The quantitative estimate of drug-likeness (QED) is 0.754. The highest BCUT2D eigenvalue weighted by Crippen LogP contribution is 2.27. The molecule has 6 nitrogen and oxygen atoms in total. The molecule has 0 radical (unpaired) electrons. The highest BCUT2D eigenvalue weighted by molar-refractivity contribution is 5.80. The van der Waals surface area contributed by atoms with E-state index in [1.807, 2.05) is 24.4 Å². The van der Waals surface area contributed by atoms with Gasteiger partial charge >= 0.3 is 0 Å². The van der Waals surface area contributed by atoms with Crippen molar-refractivity contribution < 1.29 is 13.6 Å². The van der Waals surface area contributed by atoms with Crippen LogP contribution in [0.1, 0.15) is 31.7 Å². The molecular formula is C19H23F2N5O. The first-order valence-electron chi connectivity index (χ1n) is 8.92. The monoisotopic (exact) mass is 375 g/mol. The van der Waals surface area contributed by atoms with E-state index in [1.165, 1.54) is 0 Å². The molecule has 0 unspecified atom stereocenters. The molecule has 0 atom stereocenters. The molecule has 1 aliphatic rings. The van der Waals surface area contributed by atoms with Crippen molar-refractivity contribution in [3.63, 3.8) is 0 Å². The zero-order valence-corrected chi connectivity index (χ0v) is 15.3. The van der Waals surface area contributed by atoms with Gasteiger partial charge in [-0.15, -0.1) is 11.7 Å². The van der Waals surface area contributed by atoms with Crippen molar-refractivity contribution in [2.24, 2.45) is 0 Å². The maximum absolute atomic E-state index is 13.0. The number of halogens is 2. The lowest BCUT2D eigenvalue weighted by atomic mass is 10.00. The number of hydrogen-bond acceptors (Lipinski definition) is 4. The molecule has 3 rings (SSSR count). The van der Waals surface area contributed by atoms with Gasteiger partial charge in [-0.2, -0.15) is 4.98 Å². The molecule has 0 saturated heterocycles. The number of anilines is 1. The second-order valence-electron chi connectivity index (χ2n) is 6.68. The summed E-state index contributed by atoms with van der Waals surface area (Å²) in [6, 6.07) is 3.87. The van der Waals surface area contributed by atoms with Gasteiger partial charge in [0.25, 0.3) is 0 Å². The number of aromatic nitrogens is 3. The van der Waals surface area contributed by atoms with E-state index in [0.717, 1.165) is 23.7 Å². The van der Waals surface area contributed by atoms with Crippen LogP contribution in [0.5, 0.6) is 0 Å². The first-order valence-corrected chi connectivity index (χ1v) is 8.92. The molecule has 0 bridgehead atoms. The van der Waals surface area contributed by atoms with Gasteiger partial charge in [0.15, 0.2) is 5.65 Å². The van der Waals surface area contributed by atoms with Crippen molar-refractivity contribution in [3.05, 3.63) is 42.6 Å². The summed E-state index contributed by atoms with van der Waals surface area (Å²) in [6.07, 6.45) is 5.62. The van der Waals surface area contributed by atoms with Crippen LogP contribution in [0.4, 0.5) is 14.7 Å². The van der Waals surface area contributed by atoms with Gasteiger partial charge in [-0.3, -0.25) is 4.79 Å². The lowest BCUT2D eigenvalue weighted by Crippen LogP contribution is -2.35. The average Bonchev–Trinajstić information content (AvgIpc) is 3.07. The first kappa shape index (κ1) is 19.0. The van der Waals surface area contributed by atoms with Crippen LogP contribution in [-0.4, -0.2) is 51.0 Å². The molecule has 3 heterocycles. The van der Waals surface area contributed by atoms with Gasteiger partial charge in [0.05, 0.1) is 0 Å². The molecule has 1 amide bonds. The predicted molar refractivity (Wildman–Crippen MR) is 101 cm³/mol. The van der Waals surface area contributed by atoms with Gasteiger partial charge in [0, 0.05) is 44.2 Å². The van der Waals surface area contributed by atoms with Gasteiger partial charge in [-0.1, -0.05) is 12.2 Å². The normalized spacial score (nSPS) is 14.9. The van der Waals surface area contributed by atoms with Gasteiger partial charge < -0.3 is 10.2 Å². The molecule has 0 saturated carbocycles.